The van der Waals surface area contributed by atoms with Crippen LogP contribution in [-0.2, 0) is 9.59 Å². The van der Waals surface area contributed by atoms with Crippen molar-refractivity contribution in [3.05, 3.63) is 39.9 Å². The average molecular weight is 404 g/mol. The van der Waals surface area contributed by atoms with Gasteiger partial charge < -0.3 is 9.80 Å². The van der Waals surface area contributed by atoms with Crippen LogP contribution in [0.1, 0.15) is 24.8 Å². The van der Waals surface area contributed by atoms with Crippen LogP contribution in [0.2, 0.25) is 10.0 Å². The molecular formula is C18H21Cl3N2O2. The molecule has 4 nitrogen and oxygen atoms in total. The fraction of sp³-hybridized carbons (Fsp3) is 0.444. The first-order chi connectivity index (χ1) is 12.0. The lowest BCUT2D eigenvalue weighted by Gasteiger charge is -2.21. The van der Waals surface area contributed by atoms with E-state index in [9.17, 15) is 9.59 Å². The molecule has 1 aromatic rings. The summed E-state index contributed by atoms with van der Waals surface area (Å²) in [6.45, 7) is 2.24. The monoisotopic (exact) mass is 402 g/mol. The van der Waals surface area contributed by atoms with Crippen LogP contribution in [0.15, 0.2) is 24.3 Å². The van der Waals surface area contributed by atoms with Gasteiger partial charge in [-0.15, -0.1) is 11.6 Å². The van der Waals surface area contributed by atoms with E-state index in [1.807, 2.05) is 4.90 Å². The number of alkyl halides is 1. The van der Waals surface area contributed by atoms with Gasteiger partial charge in [0.2, 0.25) is 11.8 Å². The standard InChI is InChI=1S/C18H21Cl3N2O2/c19-8-1-2-9-22-11-12-23(10-7-18(22)25)17(24)6-4-14-3-5-15(20)16(21)13-14/h3-6,13H,1-2,7-12H2. The van der Waals surface area contributed by atoms with Gasteiger partial charge in [-0.2, -0.15) is 0 Å². The first-order valence-corrected chi connectivity index (χ1v) is 9.56. The highest BCUT2D eigenvalue weighted by molar-refractivity contribution is 6.42. The number of unbranched alkanes of at least 4 members (excludes halogenated alkanes) is 1. The number of amides is 2. The van der Waals surface area contributed by atoms with Crippen molar-refractivity contribution in [2.24, 2.45) is 0 Å². The Hall–Kier alpha value is -1.23. The van der Waals surface area contributed by atoms with E-state index in [4.69, 9.17) is 34.8 Å². The Morgan fingerprint density at radius 3 is 2.64 bits per heavy atom. The smallest absolute Gasteiger partial charge is 0.246 e. The molecule has 0 atom stereocenters. The second-order valence-electron chi connectivity index (χ2n) is 5.86. The van der Waals surface area contributed by atoms with Crippen molar-refractivity contribution in [3.63, 3.8) is 0 Å². The van der Waals surface area contributed by atoms with Crippen LogP contribution in [0.25, 0.3) is 6.08 Å². The predicted octanol–water partition coefficient (Wildman–Crippen LogP) is 4.09. The van der Waals surface area contributed by atoms with E-state index in [-0.39, 0.29) is 11.8 Å². The molecule has 0 N–H and O–H groups in total. The third-order valence-electron chi connectivity index (χ3n) is 4.07. The van der Waals surface area contributed by atoms with Crippen LogP contribution in [0.3, 0.4) is 0 Å². The van der Waals surface area contributed by atoms with Gasteiger partial charge in [0.25, 0.3) is 0 Å². The fourth-order valence-electron chi connectivity index (χ4n) is 2.61. The Morgan fingerprint density at radius 1 is 1.12 bits per heavy atom. The van der Waals surface area contributed by atoms with Crippen molar-refractivity contribution < 1.29 is 9.59 Å². The number of halogens is 3. The normalized spacial score (nSPS) is 15.7. The van der Waals surface area contributed by atoms with Crippen LogP contribution in [0.5, 0.6) is 0 Å². The summed E-state index contributed by atoms with van der Waals surface area (Å²) >= 11 is 17.5. The van der Waals surface area contributed by atoms with Gasteiger partial charge in [0.1, 0.15) is 0 Å². The third-order valence-corrected chi connectivity index (χ3v) is 5.08. The van der Waals surface area contributed by atoms with Gasteiger partial charge in [0.05, 0.1) is 10.0 Å². The van der Waals surface area contributed by atoms with Gasteiger partial charge in [-0.25, -0.2) is 0 Å². The van der Waals surface area contributed by atoms with Crippen molar-refractivity contribution in [2.75, 3.05) is 32.1 Å². The van der Waals surface area contributed by atoms with E-state index in [0.717, 1.165) is 18.4 Å². The Morgan fingerprint density at radius 2 is 1.92 bits per heavy atom. The molecule has 1 saturated heterocycles. The van der Waals surface area contributed by atoms with Crippen molar-refractivity contribution in [2.45, 2.75) is 19.3 Å². The number of rotatable bonds is 6. The molecular weight excluding hydrogens is 383 g/mol. The maximum Gasteiger partial charge on any atom is 0.246 e. The molecule has 2 rings (SSSR count). The summed E-state index contributed by atoms with van der Waals surface area (Å²) in [5.74, 6) is 0.589. The van der Waals surface area contributed by atoms with E-state index >= 15 is 0 Å². The van der Waals surface area contributed by atoms with Gasteiger partial charge in [-0.05, 0) is 36.6 Å². The van der Waals surface area contributed by atoms with Crippen LogP contribution in [-0.4, -0.2) is 53.7 Å². The number of nitrogens with zero attached hydrogens (tertiary/aromatic N) is 2. The zero-order chi connectivity index (χ0) is 18.2. The molecule has 1 aliphatic rings. The number of benzene rings is 1. The zero-order valence-corrected chi connectivity index (χ0v) is 16.2. The SMILES string of the molecule is O=C(C=Cc1ccc(Cl)c(Cl)c1)N1CCC(=O)N(CCCCCl)CC1. The lowest BCUT2D eigenvalue weighted by Crippen LogP contribution is -2.35. The quantitative estimate of drug-likeness (QED) is 0.408. The van der Waals surface area contributed by atoms with Crippen LogP contribution >= 0.6 is 34.8 Å². The van der Waals surface area contributed by atoms with Crippen LogP contribution in [0.4, 0.5) is 0 Å². The number of hydrogen-bond acceptors (Lipinski definition) is 2. The average Bonchev–Trinajstić information content (AvgIpc) is 2.78. The maximum atomic E-state index is 12.4. The number of carbonyl (C=O) groups is 2. The number of hydrogen-bond donors (Lipinski definition) is 0. The van der Waals surface area contributed by atoms with E-state index in [1.54, 1.807) is 29.2 Å². The first kappa shape index (κ1) is 20.1. The molecule has 0 bridgehead atoms. The minimum absolute atomic E-state index is 0.0957. The predicted molar refractivity (Wildman–Crippen MR) is 103 cm³/mol. The molecule has 25 heavy (non-hydrogen) atoms. The topological polar surface area (TPSA) is 40.6 Å². The Kier molecular flexibility index (Phi) is 8.07. The summed E-state index contributed by atoms with van der Waals surface area (Å²) in [4.78, 5) is 28.0. The van der Waals surface area contributed by atoms with Crippen molar-refractivity contribution in [3.8, 4) is 0 Å². The highest BCUT2D eigenvalue weighted by atomic mass is 35.5. The highest BCUT2D eigenvalue weighted by Gasteiger charge is 2.22. The second kappa shape index (κ2) is 10.0. The van der Waals surface area contributed by atoms with Crippen LogP contribution in [0, 0.1) is 0 Å². The highest BCUT2D eigenvalue weighted by Crippen LogP contribution is 2.23. The van der Waals surface area contributed by atoms with E-state index in [0.29, 0.717) is 48.5 Å². The molecule has 2 amide bonds. The van der Waals surface area contributed by atoms with Crippen molar-refractivity contribution in [1.82, 2.24) is 9.80 Å². The van der Waals surface area contributed by atoms with E-state index < -0.39 is 0 Å². The van der Waals surface area contributed by atoms with E-state index in [1.165, 1.54) is 6.08 Å². The Balaban J connectivity index is 1.92. The molecule has 1 fully saturated rings. The third kappa shape index (κ3) is 6.21. The maximum absolute atomic E-state index is 12.4. The summed E-state index contributed by atoms with van der Waals surface area (Å²) in [6, 6.07) is 5.19. The summed E-state index contributed by atoms with van der Waals surface area (Å²) in [5.41, 5.74) is 0.802. The lowest BCUT2D eigenvalue weighted by molar-refractivity contribution is -0.130. The second-order valence-corrected chi connectivity index (χ2v) is 7.05. The Labute approximate surface area is 163 Å². The number of carbonyl (C=O) groups excluding carboxylic acids is 2. The van der Waals surface area contributed by atoms with Crippen molar-refractivity contribution in [1.29, 1.82) is 0 Å². The molecule has 7 heteroatoms. The van der Waals surface area contributed by atoms with Crippen molar-refractivity contribution >= 4 is 52.7 Å². The van der Waals surface area contributed by atoms with Crippen LogP contribution < -0.4 is 0 Å². The van der Waals surface area contributed by atoms with Gasteiger partial charge in [-0.3, -0.25) is 9.59 Å². The lowest BCUT2D eigenvalue weighted by atomic mass is 10.2. The summed E-state index contributed by atoms with van der Waals surface area (Å²) in [7, 11) is 0. The van der Waals surface area contributed by atoms with Gasteiger partial charge in [0.15, 0.2) is 0 Å². The molecule has 0 unspecified atom stereocenters. The van der Waals surface area contributed by atoms with Gasteiger partial charge in [-0.1, -0.05) is 29.3 Å². The molecule has 0 aliphatic carbocycles. The summed E-state index contributed by atoms with van der Waals surface area (Å²) in [5, 5.41) is 0.926. The molecule has 0 saturated carbocycles. The molecule has 1 aromatic carbocycles. The molecule has 1 heterocycles. The largest absolute Gasteiger partial charge is 0.341 e. The Bertz CT molecular complexity index is 649. The first-order valence-electron chi connectivity index (χ1n) is 8.27. The van der Waals surface area contributed by atoms with Gasteiger partial charge >= 0.3 is 0 Å². The molecule has 0 aromatic heterocycles. The fourth-order valence-corrected chi connectivity index (χ4v) is 3.11. The van der Waals surface area contributed by atoms with E-state index in [2.05, 4.69) is 0 Å². The molecule has 1 aliphatic heterocycles. The summed E-state index contributed by atoms with van der Waals surface area (Å²) in [6.07, 6.45) is 5.34. The zero-order valence-electron chi connectivity index (χ0n) is 13.9. The minimum Gasteiger partial charge on any atom is -0.341 e. The molecule has 136 valence electrons. The molecule has 0 radical (unpaired) electrons. The summed E-state index contributed by atoms with van der Waals surface area (Å²) < 4.78 is 0. The van der Waals surface area contributed by atoms with Gasteiger partial charge in [0, 0.05) is 44.6 Å². The molecule has 0 spiro atoms. The minimum atomic E-state index is -0.110.